The van der Waals surface area contributed by atoms with Crippen LogP contribution in [0.1, 0.15) is 12.1 Å². The van der Waals surface area contributed by atoms with Gasteiger partial charge in [-0.05, 0) is 30.7 Å². The van der Waals surface area contributed by atoms with Crippen LogP contribution >= 0.6 is 0 Å². The van der Waals surface area contributed by atoms with Crippen molar-refractivity contribution in [2.24, 2.45) is 0 Å². The van der Waals surface area contributed by atoms with Crippen molar-refractivity contribution in [3.05, 3.63) is 78.6 Å². The largest absolute Gasteiger partial charge is 0.497 e. The molecule has 0 aliphatic heterocycles. The van der Waals surface area contributed by atoms with Crippen LogP contribution in [0, 0.1) is 0 Å². The summed E-state index contributed by atoms with van der Waals surface area (Å²) in [5.41, 5.74) is 4.38. The number of fused-ring (bicyclic) bond motifs is 1. The second kappa shape index (κ2) is 8.69. The summed E-state index contributed by atoms with van der Waals surface area (Å²) in [7, 11) is 3.16. The van der Waals surface area contributed by atoms with E-state index in [0.717, 1.165) is 22.6 Å². The molecule has 2 aromatic carbocycles. The summed E-state index contributed by atoms with van der Waals surface area (Å²) in [5.74, 6) is 1.13. The first-order chi connectivity index (χ1) is 14.7. The maximum Gasteiger partial charge on any atom is 0.224 e. The Morgan fingerprint density at radius 2 is 1.80 bits per heavy atom. The van der Waals surface area contributed by atoms with Gasteiger partial charge in [-0.2, -0.15) is 0 Å². The van der Waals surface area contributed by atoms with Gasteiger partial charge in [-0.25, -0.2) is 4.98 Å². The van der Waals surface area contributed by atoms with Crippen molar-refractivity contribution in [1.82, 2.24) is 9.38 Å². The fourth-order valence-corrected chi connectivity index (χ4v) is 3.47. The first kappa shape index (κ1) is 19.5. The highest BCUT2D eigenvalue weighted by atomic mass is 16.5. The van der Waals surface area contributed by atoms with E-state index < -0.39 is 0 Å². The number of rotatable bonds is 7. The summed E-state index contributed by atoms with van der Waals surface area (Å²) < 4.78 is 12.6. The van der Waals surface area contributed by atoms with Crippen LogP contribution in [0.5, 0.6) is 11.5 Å². The number of hydrogen-bond acceptors (Lipinski definition) is 4. The minimum Gasteiger partial charge on any atom is -0.497 e. The average molecular weight is 401 g/mol. The molecular formula is C24H23N3O3. The van der Waals surface area contributed by atoms with Crippen LogP contribution < -0.4 is 14.8 Å². The van der Waals surface area contributed by atoms with Gasteiger partial charge in [0.05, 0.1) is 31.3 Å². The molecule has 0 aliphatic rings. The van der Waals surface area contributed by atoms with Gasteiger partial charge in [0.1, 0.15) is 17.1 Å². The van der Waals surface area contributed by atoms with Crippen molar-refractivity contribution >= 4 is 17.2 Å². The summed E-state index contributed by atoms with van der Waals surface area (Å²) in [6.45, 7) is 0. The fraction of sp³-hybridized carbons (Fsp3) is 0.167. The molecule has 0 radical (unpaired) electrons. The maximum absolute atomic E-state index is 12.7. The Bertz CT molecular complexity index is 1170. The van der Waals surface area contributed by atoms with Crippen molar-refractivity contribution in [1.29, 1.82) is 0 Å². The molecule has 4 rings (SSSR count). The van der Waals surface area contributed by atoms with E-state index in [1.165, 1.54) is 0 Å². The molecule has 0 saturated carbocycles. The Morgan fingerprint density at radius 3 is 2.57 bits per heavy atom. The Kier molecular flexibility index (Phi) is 5.66. The predicted octanol–water partition coefficient (Wildman–Crippen LogP) is 4.59. The van der Waals surface area contributed by atoms with Crippen molar-refractivity contribution < 1.29 is 14.3 Å². The van der Waals surface area contributed by atoms with E-state index >= 15 is 0 Å². The second-order valence-corrected chi connectivity index (χ2v) is 6.82. The molecular weight excluding hydrogens is 378 g/mol. The van der Waals surface area contributed by atoms with E-state index in [1.54, 1.807) is 32.4 Å². The van der Waals surface area contributed by atoms with E-state index in [2.05, 4.69) is 5.32 Å². The van der Waals surface area contributed by atoms with E-state index in [-0.39, 0.29) is 5.91 Å². The number of methoxy groups -OCH3 is 2. The smallest absolute Gasteiger partial charge is 0.224 e. The van der Waals surface area contributed by atoms with Gasteiger partial charge in [0, 0.05) is 24.2 Å². The van der Waals surface area contributed by atoms with Crippen LogP contribution in [0.3, 0.4) is 0 Å². The lowest BCUT2D eigenvalue weighted by atomic mass is 10.1. The Morgan fingerprint density at radius 1 is 1.00 bits per heavy atom. The quantitative estimate of drug-likeness (QED) is 0.492. The fourth-order valence-electron chi connectivity index (χ4n) is 3.47. The van der Waals surface area contributed by atoms with Gasteiger partial charge in [0.2, 0.25) is 5.91 Å². The number of benzene rings is 2. The number of carbonyl (C=O) groups excluding carboxylic acids is 1. The molecule has 6 heteroatoms. The molecule has 1 N–H and O–H groups in total. The van der Waals surface area contributed by atoms with Crippen LogP contribution in [0.15, 0.2) is 72.9 Å². The molecule has 0 bridgehead atoms. The van der Waals surface area contributed by atoms with Crippen LogP contribution in [-0.4, -0.2) is 29.5 Å². The number of hydrogen-bond donors (Lipinski definition) is 1. The number of nitrogens with one attached hydrogen (secondary N) is 1. The van der Waals surface area contributed by atoms with E-state index in [4.69, 9.17) is 14.5 Å². The van der Waals surface area contributed by atoms with Crippen molar-refractivity contribution in [3.8, 4) is 22.8 Å². The van der Waals surface area contributed by atoms with Crippen LogP contribution in [0.25, 0.3) is 16.9 Å². The molecule has 2 aromatic heterocycles. The predicted molar refractivity (Wildman–Crippen MR) is 117 cm³/mol. The summed E-state index contributed by atoms with van der Waals surface area (Å²) >= 11 is 0. The number of amides is 1. The standard InChI is InChI=1S/C24H23N3O3/c1-29-18-11-13-21(30-2)19(16-18)25-23(28)14-12-20-24(17-8-4-3-5-9-17)26-22-10-6-7-15-27(20)22/h3-11,13,15-16H,12,14H2,1-2H3,(H,25,28). The molecule has 0 fully saturated rings. The molecule has 0 aliphatic carbocycles. The number of carbonyl (C=O) groups is 1. The molecule has 0 saturated heterocycles. The van der Waals surface area contributed by atoms with Gasteiger partial charge in [-0.3, -0.25) is 4.79 Å². The van der Waals surface area contributed by atoms with Gasteiger partial charge in [0.25, 0.3) is 0 Å². The molecule has 0 spiro atoms. The van der Waals surface area contributed by atoms with E-state index in [9.17, 15) is 4.79 Å². The number of imidazole rings is 1. The first-order valence-electron chi connectivity index (χ1n) is 9.73. The van der Waals surface area contributed by atoms with Crippen LogP contribution in [0.4, 0.5) is 5.69 Å². The van der Waals surface area contributed by atoms with Gasteiger partial charge < -0.3 is 19.2 Å². The molecule has 152 valence electrons. The third kappa shape index (κ3) is 3.98. The van der Waals surface area contributed by atoms with Crippen LogP contribution in [0.2, 0.25) is 0 Å². The van der Waals surface area contributed by atoms with E-state index in [0.29, 0.717) is 30.0 Å². The Hall–Kier alpha value is -3.80. The van der Waals surface area contributed by atoms with Crippen LogP contribution in [-0.2, 0) is 11.2 Å². The van der Waals surface area contributed by atoms with Crippen molar-refractivity contribution in [3.63, 3.8) is 0 Å². The average Bonchev–Trinajstić information content (AvgIpc) is 3.17. The zero-order valence-corrected chi connectivity index (χ0v) is 17.0. The molecule has 0 unspecified atom stereocenters. The lowest BCUT2D eigenvalue weighted by Crippen LogP contribution is -2.14. The number of aryl methyl sites for hydroxylation is 1. The SMILES string of the molecule is COc1ccc(OC)c(NC(=O)CCc2c(-c3ccccc3)nc3ccccn23)c1. The highest BCUT2D eigenvalue weighted by Crippen LogP contribution is 2.29. The molecule has 4 aromatic rings. The summed E-state index contributed by atoms with van der Waals surface area (Å²) in [5, 5.41) is 2.93. The topological polar surface area (TPSA) is 64.9 Å². The summed E-state index contributed by atoms with van der Waals surface area (Å²) in [6.07, 6.45) is 2.84. The highest BCUT2D eigenvalue weighted by Gasteiger charge is 2.16. The lowest BCUT2D eigenvalue weighted by molar-refractivity contribution is -0.116. The van der Waals surface area contributed by atoms with Gasteiger partial charge in [-0.15, -0.1) is 0 Å². The molecule has 30 heavy (non-hydrogen) atoms. The van der Waals surface area contributed by atoms with Gasteiger partial charge >= 0.3 is 0 Å². The third-order valence-corrected chi connectivity index (χ3v) is 4.95. The van der Waals surface area contributed by atoms with Gasteiger partial charge in [0.15, 0.2) is 0 Å². The minimum atomic E-state index is -0.105. The van der Waals surface area contributed by atoms with Crippen molar-refractivity contribution in [2.45, 2.75) is 12.8 Å². The minimum absolute atomic E-state index is 0.105. The van der Waals surface area contributed by atoms with Crippen molar-refractivity contribution in [2.75, 3.05) is 19.5 Å². The van der Waals surface area contributed by atoms with Gasteiger partial charge in [-0.1, -0.05) is 36.4 Å². The number of pyridine rings is 1. The Labute approximate surface area is 175 Å². The maximum atomic E-state index is 12.7. The van der Waals surface area contributed by atoms with E-state index in [1.807, 2.05) is 59.1 Å². The molecule has 6 nitrogen and oxygen atoms in total. The number of aromatic nitrogens is 2. The molecule has 0 atom stereocenters. The highest BCUT2D eigenvalue weighted by molar-refractivity contribution is 5.92. The zero-order valence-electron chi connectivity index (χ0n) is 17.0. The lowest BCUT2D eigenvalue weighted by Gasteiger charge is -2.12. The zero-order chi connectivity index (χ0) is 20.9. The number of anilines is 1. The Balaban J connectivity index is 1.58. The second-order valence-electron chi connectivity index (χ2n) is 6.82. The summed E-state index contributed by atoms with van der Waals surface area (Å²) in [4.78, 5) is 17.5. The summed E-state index contributed by atoms with van der Waals surface area (Å²) in [6, 6.07) is 21.2. The normalized spacial score (nSPS) is 10.7. The molecule has 1 amide bonds. The first-order valence-corrected chi connectivity index (χ1v) is 9.73. The third-order valence-electron chi connectivity index (χ3n) is 4.95. The molecule has 2 heterocycles. The number of nitrogens with zero attached hydrogens (tertiary/aromatic N) is 2. The number of ether oxygens (including phenoxy) is 2. The monoisotopic (exact) mass is 401 g/mol.